The number of aliphatic carboxylic acids is 1. The third-order valence-corrected chi connectivity index (χ3v) is 3.56. The van der Waals surface area contributed by atoms with Gasteiger partial charge in [-0.25, -0.2) is 4.39 Å². The van der Waals surface area contributed by atoms with Crippen LogP contribution in [0.4, 0.5) is 4.39 Å². The van der Waals surface area contributed by atoms with E-state index in [9.17, 15) is 14.0 Å². The lowest BCUT2D eigenvalue weighted by Crippen LogP contribution is -2.56. The van der Waals surface area contributed by atoms with Crippen LogP contribution in [-0.4, -0.2) is 22.5 Å². The van der Waals surface area contributed by atoms with Gasteiger partial charge in [0.2, 0.25) is 5.91 Å². The van der Waals surface area contributed by atoms with Crippen molar-refractivity contribution in [3.63, 3.8) is 0 Å². The Balaban J connectivity index is 2.13. The molecule has 4 N–H and O–H groups in total. The minimum Gasteiger partial charge on any atom is -0.480 e. The number of benzene rings is 1. The minimum atomic E-state index is -0.963. The van der Waals surface area contributed by atoms with Crippen LogP contribution in [0.15, 0.2) is 18.2 Å². The van der Waals surface area contributed by atoms with Gasteiger partial charge in [0.25, 0.3) is 0 Å². The maximum Gasteiger partial charge on any atom is 0.323 e. The van der Waals surface area contributed by atoms with Crippen molar-refractivity contribution in [1.29, 1.82) is 0 Å². The molecule has 19 heavy (non-hydrogen) atoms. The Hall–Kier alpha value is -1.95. The van der Waals surface area contributed by atoms with Gasteiger partial charge in [0, 0.05) is 17.7 Å². The molecule has 1 amide bonds. The average Bonchev–Trinajstić information content (AvgIpc) is 2.29. The summed E-state index contributed by atoms with van der Waals surface area (Å²) >= 11 is 0. The predicted octanol–water partition coefficient (Wildman–Crippen LogP) is 1.02. The monoisotopic (exact) mass is 266 g/mol. The quantitative estimate of drug-likeness (QED) is 0.742. The van der Waals surface area contributed by atoms with Crippen molar-refractivity contribution >= 4 is 11.9 Å². The number of carbonyl (C=O) groups excluding carboxylic acids is 1. The first-order valence-electron chi connectivity index (χ1n) is 6.01. The van der Waals surface area contributed by atoms with Gasteiger partial charge in [0.1, 0.15) is 11.4 Å². The maximum atomic E-state index is 13.6. The molecule has 0 atom stereocenters. The molecular formula is C13H15FN2O3. The van der Waals surface area contributed by atoms with Gasteiger partial charge in [0.15, 0.2) is 0 Å². The summed E-state index contributed by atoms with van der Waals surface area (Å²) in [6.07, 6.45) is 1.89. The van der Waals surface area contributed by atoms with Crippen molar-refractivity contribution in [2.75, 3.05) is 0 Å². The van der Waals surface area contributed by atoms with E-state index in [0.717, 1.165) is 12.5 Å². The standard InChI is InChI=1S/C13H15FN2O3/c14-10-3-2-8(11(15)17)6-9(10)7-16-13(12(18)19)4-1-5-13/h2-3,6,16H,1,4-5,7H2,(H2,15,17)(H,18,19). The maximum absolute atomic E-state index is 13.6. The van der Waals surface area contributed by atoms with E-state index in [-0.39, 0.29) is 17.7 Å². The molecule has 2 rings (SSSR count). The molecule has 0 heterocycles. The zero-order valence-electron chi connectivity index (χ0n) is 10.3. The Morgan fingerprint density at radius 3 is 2.58 bits per heavy atom. The van der Waals surface area contributed by atoms with Crippen LogP contribution in [0.3, 0.4) is 0 Å². The fourth-order valence-electron chi connectivity index (χ4n) is 2.12. The van der Waals surface area contributed by atoms with E-state index in [0.29, 0.717) is 12.8 Å². The van der Waals surface area contributed by atoms with E-state index < -0.39 is 23.2 Å². The summed E-state index contributed by atoms with van der Waals surface area (Å²) in [5.41, 5.74) is 4.61. The molecule has 1 aromatic rings. The molecule has 1 fully saturated rings. The third kappa shape index (κ3) is 2.58. The zero-order valence-corrected chi connectivity index (χ0v) is 10.3. The first kappa shape index (κ1) is 13.5. The fraction of sp³-hybridized carbons (Fsp3) is 0.385. The number of rotatable bonds is 5. The van der Waals surface area contributed by atoms with Gasteiger partial charge in [-0.3, -0.25) is 14.9 Å². The Morgan fingerprint density at radius 1 is 1.42 bits per heavy atom. The van der Waals surface area contributed by atoms with E-state index >= 15 is 0 Å². The molecule has 5 nitrogen and oxygen atoms in total. The molecule has 1 aliphatic rings. The Labute approximate surface area is 109 Å². The van der Waals surface area contributed by atoms with Gasteiger partial charge in [0.05, 0.1) is 0 Å². The smallest absolute Gasteiger partial charge is 0.323 e. The molecule has 0 saturated heterocycles. The fourth-order valence-corrected chi connectivity index (χ4v) is 2.12. The van der Waals surface area contributed by atoms with Gasteiger partial charge >= 0.3 is 5.97 Å². The molecule has 1 aliphatic carbocycles. The van der Waals surface area contributed by atoms with Crippen LogP contribution in [-0.2, 0) is 11.3 Å². The van der Waals surface area contributed by atoms with Gasteiger partial charge in [-0.05, 0) is 37.5 Å². The number of carboxylic acid groups (broad SMARTS) is 1. The summed E-state index contributed by atoms with van der Waals surface area (Å²) in [5, 5.41) is 12.0. The van der Waals surface area contributed by atoms with E-state index in [4.69, 9.17) is 10.8 Å². The summed E-state index contributed by atoms with van der Waals surface area (Å²) in [5.74, 6) is -2.06. The topological polar surface area (TPSA) is 92.4 Å². The number of hydrogen-bond donors (Lipinski definition) is 3. The molecule has 0 spiro atoms. The van der Waals surface area contributed by atoms with E-state index in [1.54, 1.807) is 0 Å². The van der Waals surface area contributed by atoms with Crippen LogP contribution >= 0.6 is 0 Å². The number of nitrogens with one attached hydrogen (secondary N) is 1. The Bertz CT molecular complexity index is 527. The average molecular weight is 266 g/mol. The number of amides is 1. The zero-order chi connectivity index (χ0) is 14.0. The molecule has 1 aromatic carbocycles. The lowest BCUT2D eigenvalue weighted by atomic mass is 9.76. The first-order chi connectivity index (χ1) is 8.94. The molecule has 1 saturated carbocycles. The van der Waals surface area contributed by atoms with Crippen molar-refractivity contribution in [3.05, 3.63) is 35.1 Å². The summed E-state index contributed by atoms with van der Waals surface area (Å²) < 4.78 is 13.6. The number of halogens is 1. The van der Waals surface area contributed by atoms with Crippen LogP contribution in [0, 0.1) is 5.82 Å². The van der Waals surface area contributed by atoms with Crippen molar-refractivity contribution < 1.29 is 19.1 Å². The van der Waals surface area contributed by atoms with Crippen molar-refractivity contribution in [2.45, 2.75) is 31.3 Å². The SMILES string of the molecule is NC(=O)c1ccc(F)c(CNC2(C(=O)O)CCC2)c1. The second-order valence-electron chi connectivity index (χ2n) is 4.76. The molecule has 0 radical (unpaired) electrons. The van der Waals surface area contributed by atoms with Crippen LogP contribution in [0.5, 0.6) is 0 Å². The van der Waals surface area contributed by atoms with Crippen molar-refractivity contribution in [1.82, 2.24) is 5.32 Å². The summed E-state index contributed by atoms with van der Waals surface area (Å²) in [4.78, 5) is 22.2. The van der Waals surface area contributed by atoms with E-state index in [1.807, 2.05) is 0 Å². The lowest BCUT2D eigenvalue weighted by Gasteiger charge is -2.38. The predicted molar refractivity (Wildman–Crippen MR) is 66.0 cm³/mol. The molecule has 0 unspecified atom stereocenters. The van der Waals surface area contributed by atoms with Crippen molar-refractivity contribution in [3.8, 4) is 0 Å². The van der Waals surface area contributed by atoms with Gasteiger partial charge < -0.3 is 10.8 Å². The highest BCUT2D eigenvalue weighted by molar-refractivity contribution is 5.92. The lowest BCUT2D eigenvalue weighted by molar-refractivity contribution is -0.148. The Kier molecular flexibility index (Phi) is 3.53. The van der Waals surface area contributed by atoms with Crippen molar-refractivity contribution in [2.24, 2.45) is 5.73 Å². The molecule has 0 aliphatic heterocycles. The van der Waals surface area contributed by atoms with E-state index in [1.165, 1.54) is 12.1 Å². The normalized spacial score (nSPS) is 16.7. The third-order valence-electron chi connectivity index (χ3n) is 3.56. The number of carbonyl (C=O) groups is 2. The molecule has 102 valence electrons. The van der Waals surface area contributed by atoms with Gasteiger partial charge in [-0.15, -0.1) is 0 Å². The summed E-state index contributed by atoms with van der Waals surface area (Å²) in [6.45, 7) is 0.0548. The molecule has 0 bridgehead atoms. The van der Waals surface area contributed by atoms with Crippen LogP contribution < -0.4 is 11.1 Å². The molecular weight excluding hydrogens is 251 g/mol. The van der Waals surface area contributed by atoms with Crippen LogP contribution in [0.1, 0.15) is 35.2 Å². The van der Waals surface area contributed by atoms with Gasteiger partial charge in [-0.2, -0.15) is 0 Å². The summed E-state index contributed by atoms with van der Waals surface area (Å²) in [7, 11) is 0. The number of carboxylic acids is 1. The molecule has 6 heteroatoms. The Morgan fingerprint density at radius 2 is 2.11 bits per heavy atom. The largest absolute Gasteiger partial charge is 0.480 e. The highest BCUT2D eigenvalue weighted by Crippen LogP contribution is 2.32. The minimum absolute atomic E-state index is 0.0548. The highest BCUT2D eigenvalue weighted by Gasteiger charge is 2.43. The molecule has 0 aromatic heterocycles. The van der Waals surface area contributed by atoms with Crippen LogP contribution in [0.25, 0.3) is 0 Å². The highest BCUT2D eigenvalue weighted by atomic mass is 19.1. The second kappa shape index (κ2) is 4.97. The van der Waals surface area contributed by atoms with E-state index in [2.05, 4.69) is 5.32 Å². The number of hydrogen-bond acceptors (Lipinski definition) is 3. The summed E-state index contributed by atoms with van der Waals surface area (Å²) in [6, 6.07) is 3.81. The van der Waals surface area contributed by atoms with Crippen LogP contribution in [0.2, 0.25) is 0 Å². The first-order valence-corrected chi connectivity index (χ1v) is 6.01. The second-order valence-corrected chi connectivity index (χ2v) is 4.76. The number of nitrogens with two attached hydrogens (primary N) is 1. The number of primary amides is 1. The van der Waals surface area contributed by atoms with Gasteiger partial charge in [-0.1, -0.05) is 0 Å².